The van der Waals surface area contributed by atoms with Gasteiger partial charge in [0.2, 0.25) is 6.10 Å². The van der Waals surface area contributed by atoms with Gasteiger partial charge in [0.15, 0.2) is 5.75 Å². The SMILES string of the molecule is O=C(Oc1c(Br)cc(Br)cc1Br)C1C2CCC(O2)C1C(=O)OC(CS(=O)(=O)O)C(F)(F)F. The highest BCUT2D eigenvalue weighted by Crippen LogP contribution is 2.46. The van der Waals surface area contributed by atoms with Crippen molar-refractivity contribution in [2.24, 2.45) is 11.8 Å². The van der Waals surface area contributed by atoms with Gasteiger partial charge in [-0.15, -0.1) is 0 Å². The Morgan fingerprint density at radius 3 is 2.06 bits per heavy atom. The molecule has 5 atom stereocenters. The van der Waals surface area contributed by atoms with Gasteiger partial charge in [-0.2, -0.15) is 21.6 Å². The maximum atomic E-state index is 13.2. The van der Waals surface area contributed by atoms with E-state index in [1.807, 2.05) is 0 Å². The number of alkyl halides is 3. The largest absolute Gasteiger partial charge is 0.451 e. The first-order valence-corrected chi connectivity index (χ1v) is 12.9. The van der Waals surface area contributed by atoms with Gasteiger partial charge in [0, 0.05) is 4.47 Å². The molecule has 1 aromatic rings. The Morgan fingerprint density at radius 1 is 1.09 bits per heavy atom. The summed E-state index contributed by atoms with van der Waals surface area (Å²) in [5, 5.41) is 0. The molecule has 3 rings (SSSR count). The second-order valence-electron chi connectivity index (χ2n) is 7.18. The number of halogens is 6. The van der Waals surface area contributed by atoms with Crippen molar-refractivity contribution < 1.29 is 49.9 Å². The normalized spacial score (nSPS) is 26.1. The minimum absolute atomic E-state index is 0.0904. The van der Waals surface area contributed by atoms with Gasteiger partial charge in [-0.3, -0.25) is 14.1 Å². The number of benzene rings is 1. The molecule has 0 radical (unpaired) electrons. The van der Waals surface area contributed by atoms with Crippen molar-refractivity contribution in [3.63, 3.8) is 0 Å². The van der Waals surface area contributed by atoms with Crippen molar-refractivity contribution >= 4 is 69.8 Å². The highest BCUT2D eigenvalue weighted by atomic mass is 79.9. The summed E-state index contributed by atoms with van der Waals surface area (Å²) < 4.78 is 86.9. The fourth-order valence-corrected chi connectivity index (χ4v) is 6.74. The lowest BCUT2D eigenvalue weighted by molar-refractivity contribution is -0.219. The van der Waals surface area contributed by atoms with Gasteiger partial charge in [-0.05, 0) is 56.8 Å². The summed E-state index contributed by atoms with van der Waals surface area (Å²) >= 11 is 9.73. The number of hydrogen-bond acceptors (Lipinski definition) is 7. The Balaban J connectivity index is 1.82. The average molecular weight is 675 g/mol. The number of hydrogen-bond donors (Lipinski definition) is 1. The molecule has 2 aliphatic heterocycles. The van der Waals surface area contributed by atoms with Crippen molar-refractivity contribution in [1.82, 2.24) is 0 Å². The number of ether oxygens (including phenoxy) is 3. The average Bonchev–Trinajstić information content (AvgIpc) is 3.23. The topological polar surface area (TPSA) is 116 Å². The third kappa shape index (κ3) is 5.84. The van der Waals surface area contributed by atoms with E-state index in [1.54, 1.807) is 12.1 Å². The number of carbonyl (C=O) groups excluding carboxylic acids is 2. The molecule has 2 bridgehead atoms. The molecule has 0 saturated carbocycles. The Kier molecular flexibility index (Phi) is 7.67. The molecule has 15 heteroatoms. The molecule has 0 spiro atoms. The molecule has 2 fully saturated rings. The van der Waals surface area contributed by atoms with Gasteiger partial charge in [0.1, 0.15) is 5.75 Å². The van der Waals surface area contributed by atoms with Gasteiger partial charge >= 0.3 is 18.1 Å². The number of rotatable bonds is 6. The summed E-state index contributed by atoms with van der Waals surface area (Å²) in [6.07, 6.45) is -9.34. The molecule has 8 nitrogen and oxygen atoms in total. The molecule has 2 aliphatic rings. The minimum Gasteiger partial charge on any atom is -0.451 e. The van der Waals surface area contributed by atoms with Crippen LogP contribution >= 0.6 is 47.8 Å². The van der Waals surface area contributed by atoms with E-state index in [1.165, 1.54) is 0 Å². The zero-order valence-electron chi connectivity index (χ0n) is 15.6. The molecular weight excluding hydrogens is 661 g/mol. The molecule has 0 aromatic heterocycles. The number of esters is 2. The fourth-order valence-electron chi connectivity index (χ4n) is 3.68. The van der Waals surface area contributed by atoms with Gasteiger partial charge in [0.05, 0.1) is 33.0 Å². The molecule has 2 saturated heterocycles. The van der Waals surface area contributed by atoms with Crippen LogP contribution in [0.4, 0.5) is 13.2 Å². The standard InChI is InChI=1S/C17H14Br3F3O8S/c18-6-3-7(19)14(8(20)4-6)31-16(25)13-10-2-1-9(29-10)12(13)15(24)30-11(17(21,22)23)5-32(26,27)28/h3-4,9-13H,1-2,5H2,(H,26,27,28). The molecule has 32 heavy (non-hydrogen) atoms. The van der Waals surface area contributed by atoms with E-state index in [0.717, 1.165) is 0 Å². The quantitative estimate of drug-likeness (QED) is 0.273. The maximum absolute atomic E-state index is 13.2. The van der Waals surface area contributed by atoms with E-state index in [4.69, 9.17) is 14.0 Å². The first kappa shape index (κ1) is 25.9. The lowest BCUT2D eigenvalue weighted by atomic mass is 9.79. The second-order valence-corrected chi connectivity index (χ2v) is 11.3. The first-order chi connectivity index (χ1) is 14.7. The summed E-state index contributed by atoms with van der Waals surface area (Å²) in [5.41, 5.74) is 0. The molecule has 0 aliphatic carbocycles. The van der Waals surface area contributed by atoms with Crippen LogP contribution in [0.3, 0.4) is 0 Å². The third-order valence-electron chi connectivity index (χ3n) is 4.97. The van der Waals surface area contributed by atoms with E-state index < -0.39 is 64.1 Å². The van der Waals surface area contributed by atoms with Gasteiger partial charge in [-0.25, -0.2) is 0 Å². The Bertz CT molecular complexity index is 1010. The van der Waals surface area contributed by atoms with Gasteiger partial charge in [0.25, 0.3) is 10.1 Å². The van der Waals surface area contributed by atoms with Crippen LogP contribution in [0, 0.1) is 11.8 Å². The molecule has 2 heterocycles. The summed E-state index contributed by atoms with van der Waals surface area (Å²) in [4.78, 5) is 25.5. The van der Waals surface area contributed by atoms with Crippen molar-refractivity contribution in [1.29, 1.82) is 0 Å². The van der Waals surface area contributed by atoms with Crippen LogP contribution < -0.4 is 4.74 Å². The van der Waals surface area contributed by atoms with Crippen LogP contribution in [-0.4, -0.2) is 55.2 Å². The molecule has 1 aromatic carbocycles. The molecule has 0 amide bonds. The van der Waals surface area contributed by atoms with E-state index in [2.05, 4.69) is 52.5 Å². The third-order valence-corrected chi connectivity index (χ3v) is 7.33. The molecule has 1 N–H and O–H groups in total. The lowest BCUT2D eigenvalue weighted by Crippen LogP contribution is -2.45. The maximum Gasteiger partial charge on any atom is 0.426 e. The minimum atomic E-state index is -5.26. The summed E-state index contributed by atoms with van der Waals surface area (Å²) in [6, 6.07) is 3.19. The number of carbonyl (C=O) groups is 2. The van der Waals surface area contributed by atoms with E-state index in [-0.39, 0.29) is 5.75 Å². The Hall–Kier alpha value is -0.740. The first-order valence-electron chi connectivity index (χ1n) is 8.91. The fraction of sp³-hybridized carbons (Fsp3) is 0.529. The molecular formula is C17H14Br3F3O8S. The predicted octanol–water partition coefficient (Wildman–Crippen LogP) is 4.04. The monoisotopic (exact) mass is 672 g/mol. The van der Waals surface area contributed by atoms with Crippen LogP contribution in [0.25, 0.3) is 0 Å². The van der Waals surface area contributed by atoms with E-state index in [0.29, 0.717) is 26.3 Å². The summed E-state index contributed by atoms with van der Waals surface area (Å²) in [7, 11) is -5.10. The summed E-state index contributed by atoms with van der Waals surface area (Å²) in [5.74, 6) is -6.84. The highest BCUT2D eigenvalue weighted by molar-refractivity contribution is 9.11. The number of fused-ring (bicyclic) bond motifs is 2. The van der Waals surface area contributed by atoms with Crippen molar-refractivity contribution in [2.45, 2.75) is 37.3 Å². The van der Waals surface area contributed by atoms with Crippen molar-refractivity contribution in [3.05, 3.63) is 25.6 Å². The predicted molar refractivity (Wildman–Crippen MR) is 112 cm³/mol. The zero-order chi connectivity index (χ0) is 24.0. The Morgan fingerprint density at radius 2 is 1.59 bits per heavy atom. The Labute approximate surface area is 205 Å². The zero-order valence-corrected chi connectivity index (χ0v) is 21.2. The van der Waals surface area contributed by atoms with Gasteiger partial charge in [-0.1, -0.05) is 15.9 Å². The smallest absolute Gasteiger partial charge is 0.426 e. The van der Waals surface area contributed by atoms with Crippen LogP contribution in [0.5, 0.6) is 5.75 Å². The van der Waals surface area contributed by atoms with Crippen LogP contribution in [0.15, 0.2) is 25.6 Å². The van der Waals surface area contributed by atoms with E-state index >= 15 is 0 Å². The van der Waals surface area contributed by atoms with Crippen molar-refractivity contribution in [3.8, 4) is 5.75 Å². The summed E-state index contributed by atoms with van der Waals surface area (Å²) in [6.45, 7) is 0. The van der Waals surface area contributed by atoms with Gasteiger partial charge < -0.3 is 14.2 Å². The molecule has 5 unspecified atom stereocenters. The molecule has 178 valence electrons. The second kappa shape index (κ2) is 9.49. The van der Waals surface area contributed by atoms with Crippen molar-refractivity contribution in [2.75, 3.05) is 5.75 Å². The lowest BCUT2D eigenvalue weighted by Gasteiger charge is -2.27. The van der Waals surface area contributed by atoms with Crippen LogP contribution in [-0.2, 0) is 29.2 Å². The van der Waals surface area contributed by atoms with Crippen LogP contribution in [0.1, 0.15) is 12.8 Å². The highest BCUT2D eigenvalue weighted by Gasteiger charge is 2.58. The van der Waals surface area contributed by atoms with Crippen LogP contribution in [0.2, 0.25) is 0 Å². The van der Waals surface area contributed by atoms with E-state index in [9.17, 15) is 31.2 Å².